The zero-order chi connectivity index (χ0) is 23.5. The minimum atomic E-state index is -4.56. The lowest BCUT2D eigenvalue weighted by Crippen LogP contribution is -2.11. The molecule has 2 heterocycles. The molecule has 5 rings (SSSR count). The van der Waals surface area contributed by atoms with Crippen LogP contribution in [-0.4, -0.2) is 21.2 Å². The lowest BCUT2D eigenvalue weighted by Gasteiger charge is -2.10. The van der Waals surface area contributed by atoms with Crippen LogP contribution in [0.4, 0.5) is 18.3 Å². The first kappa shape index (κ1) is 22.0. The number of ether oxygens (including phenoxy) is 1. The zero-order valence-electron chi connectivity index (χ0n) is 17.7. The lowest BCUT2D eigenvalue weighted by atomic mass is 10.2. The molecule has 2 aromatic carbocycles. The van der Waals surface area contributed by atoms with E-state index in [2.05, 4.69) is 25.5 Å². The highest BCUT2D eigenvalue weighted by molar-refractivity contribution is 7.14. The first-order valence-electron chi connectivity index (χ1n) is 10.5. The van der Waals surface area contributed by atoms with Gasteiger partial charge in [0.15, 0.2) is 5.69 Å². The average Bonchev–Trinajstić information content (AvgIpc) is 3.58. The summed E-state index contributed by atoms with van der Waals surface area (Å²) >= 11 is 1.44. The SMILES string of the molecule is FC(F)(F)c1cc(C2CC2)nc(Oc2ccc(C=NNc3nc(-c4ccccc4)cs3)cc2)n1. The summed E-state index contributed by atoms with van der Waals surface area (Å²) in [6.45, 7) is 0. The van der Waals surface area contributed by atoms with Crippen LogP contribution in [0.1, 0.15) is 35.7 Å². The second-order valence-corrected chi connectivity index (χ2v) is 8.54. The number of hydrazone groups is 1. The Hall–Kier alpha value is -3.79. The summed E-state index contributed by atoms with van der Waals surface area (Å²) in [5.41, 5.74) is 4.93. The van der Waals surface area contributed by atoms with Crippen molar-refractivity contribution in [2.24, 2.45) is 5.10 Å². The fourth-order valence-electron chi connectivity index (χ4n) is 3.18. The van der Waals surface area contributed by atoms with Crippen molar-refractivity contribution in [2.45, 2.75) is 24.9 Å². The van der Waals surface area contributed by atoms with Crippen LogP contribution in [0.3, 0.4) is 0 Å². The van der Waals surface area contributed by atoms with Gasteiger partial charge in [0.2, 0.25) is 5.13 Å². The van der Waals surface area contributed by atoms with E-state index in [0.717, 1.165) is 35.7 Å². The van der Waals surface area contributed by atoms with Crippen molar-refractivity contribution in [3.63, 3.8) is 0 Å². The first-order chi connectivity index (χ1) is 16.4. The van der Waals surface area contributed by atoms with E-state index < -0.39 is 11.9 Å². The molecule has 1 saturated carbocycles. The third-order valence-corrected chi connectivity index (χ3v) is 5.80. The molecule has 0 bridgehead atoms. The van der Waals surface area contributed by atoms with Gasteiger partial charge in [0.1, 0.15) is 5.75 Å². The monoisotopic (exact) mass is 481 g/mol. The molecule has 6 nitrogen and oxygen atoms in total. The van der Waals surface area contributed by atoms with Crippen LogP contribution in [0, 0.1) is 0 Å². The molecular weight excluding hydrogens is 463 g/mol. The van der Waals surface area contributed by atoms with Gasteiger partial charge in [-0.1, -0.05) is 30.3 Å². The summed E-state index contributed by atoms with van der Waals surface area (Å²) in [5.74, 6) is 0.373. The predicted octanol–water partition coefficient (Wildman–Crippen LogP) is 6.73. The Morgan fingerprint density at radius 2 is 1.76 bits per heavy atom. The standard InChI is InChI=1S/C24H18F3N5OS/c25-24(26,27)21-12-19(17-8-9-17)29-22(31-21)33-18-10-6-15(7-11-18)13-28-32-23-30-20(14-34-23)16-4-2-1-3-5-16/h1-7,10-14,17H,8-9H2,(H,30,32). The largest absolute Gasteiger partial charge is 0.433 e. The van der Waals surface area contributed by atoms with Gasteiger partial charge in [0.25, 0.3) is 0 Å². The van der Waals surface area contributed by atoms with Gasteiger partial charge in [0.05, 0.1) is 17.6 Å². The van der Waals surface area contributed by atoms with E-state index in [9.17, 15) is 13.2 Å². The summed E-state index contributed by atoms with van der Waals surface area (Å²) in [5, 5.41) is 6.80. The Kier molecular flexibility index (Phi) is 5.97. The predicted molar refractivity (Wildman–Crippen MR) is 124 cm³/mol. The topological polar surface area (TPSA) is 72.3 Å². The van der Waals surface area contributed by atoms with Crippen molar-refractivity contribution in [1.29, 1.82) is 0 Å². The van der Waals surface area contributed by atoms with Crippen molar-refractivity contribution < 1.29 is 17.9 Å². The minimum absolute atomic E-state index is 0.0409. The normalized spacial score (nSPS) is 13.9. The molecule has 1 N–H and O–H groups in total. The van der Waals surface area contributed by atoms with Crippen LogP contribution in [-0.2, 0) is 6.18 Å². The molecule has 10 heteroatoms. The van der Waals surface area contributed by atoms with Crippen molar-refractivity contribution in [2.75, 3.05) is 5.43 Å². The third-order valence-electron chi connectivity index (χ3n) is 5.05. The molecule has 2 aromatic heterocycles. The maximum Gasteiger partial charge on any atom is 0.433 e. The van der Waals surface area contributed by atoms with E-state index in [0.29, 0.717) is 16.6 Å². The van der Waals surface area contributed by atoms with Crippen LogP contribution in [0.15, 0.2) is 71.1 Å². The van der Waals surface area contributed by atoms with Crippen LogP contribution in [0.2, 0.25) is 0 Å². The van der Waals surface area contributed by atoms with E-state index in [1.165, 1.54) is 11.3 Å². The Morgan fingerprint density at radius 3 is 2.47 bits per heavy atom. The molecule has 0 radical (unpaired) electrons. The number of rotatable bonds is 7. The van der Waals surface area contributed by atoms with Gasteiger partial charge in [-0.3, -0.25) is 5.43 Å². The number of hydrogen-bond acceptors (Lipinski definition) is 7. The van der Waals surface area contributed by atoms with Crippen LogP contribution >= 0.6 is 11.3 Å². The minimum Gasteiger partial charge on any atom is -0.424 e. The second-order valence-electron chi connectivity index (χ2n) is 7.68. The highest BCUT2D eigenvalue weighted by Crippen LogP contribution is 2.41. The van der Waals surface area contributed by atoms with Gasteiger partial charge in [-0.05, 0) is 48.7 Å². The van der Waals surface area contributed by atoms with Crippen molar-refractivity contribution in [3.8, 4) is 23.0 Å². The maximum absolute atomic E-state index is 13.2. The lowest BCUT2D eigenvalue weighted by molar-refractivity contribution is -0.141. The maximum atomic E-state index is 13.2. The molecular formula is C24H18F3N5OS. The number of nitrogens with one attached hydrogen (secondary N) is 1. The number of benzene rings is 2. The number of anilines is 1. The summed E-state index contributed by atoms with van der Waals surface area (Å²) in [7, 11) is 0. The molecule has 0 saturated heterocycles. The number of alkyl halides is 3. The van der Waals surface area contributed by atoms with Gasteiger partial charge >= 0.3 is 12.2 Å². The molecule has 0 spiro atoms. The quantitative estimate of drug-likeness (QED) is 0.234. The first-order valence-corrected chi connectivity index (χ1v) is 11.4. The van der Waals surface area contributed by atoms with Crippen molar-refractivity contribution in [1.82, 2.24) is 15.0 Å². The Labute approximate surface area is 197 Å². The van der Waals surface area contributed by atoms with E-state index in [4.69, 9.17) is 4.74 Å². The molecule has 0 amide bonds. The molecule has 0 aliphatic heterocycles. The van der Waals surface area contributed by atoms with Gasteiger partial charge < -0.3 is 4.74 Å². The van der Waals surface area contributed by atoms with E-state index in [1.807, 2.05) is 35.7 Å². The third kappa shape index (κ3) is 5.40. The number of hydrogen-bond donors (Lipinski definition) is 1. The molecule has 1 fully saturated rings. The van der Waals surface area contributed by atoms with Crippen molar-refractivity contribution >= 4 is 22.7 Å². The fraction of sp³-hybridized carbons (Fsp3) is 0.167. The van der Waals surface area contributed by atoms with E-state index >= 15 is 0 Å². The molecule has 34 heavy (non-hydrogen) atoms. The van der Waals surface area contributed by atoms with E-state index in [-0.39, 0.29) is 11.9 Å². The van der Waals surface area contributed by atoms with E-state index in [1.54, 1.807) is 30.5 Å². The molecule has 4 aromatic rings. The second kappa shape index (κ2) is 9.22. The Morgan fingerprint density at radius 1 is 1.00 bits per heavy atom. The summed E-state index contributed by atoms with van der Waals surface area (Å²) in [6, 6.07) is 17.2. The van der Waals surface area contributed by atoms with Gasteiger partial charge in [-0.25, -0.2) is 4.98 Å². The molecule has 0 atom stereocenters. The summed E-state index contributed by atoms with van der Waals surface area (Å²) < 4.78 is 45.1. The van der Waals surface area contributed by atoms with Crippen LogP contribution in [0.25, 0.3) is 11.3 Å². The molecule has 1 aliphatic rings. The number of nitrogens with zero attached hydrogens (tertiary/aromatic N) is 4. The highest BCUT2D eigenvalue weighted by atomic mass is 32.1. The summed E-state index contributed by atoms with van der Waals surface area (Å²) in [6.07, 6.45) is -1.30. The average molecular weight is 482 g/mol. The zero-order valence-corrected chi connectivity index (χ0v) is 18.5. The van der Waals surface area contributed by atoms with Gasteiger partial charge in [-0.2, -0.15) is 28.2 Å². The van der Waals surface area contributed by atoms with Crippen LogP contribution < -0.4 is 10.2 Å². The number of aromatic nitrogens is 3. The number of halogens is 3. The fourth-order valence-corrected chi connectivity index (χ4v) is 3.85. The van der Waals surface area contributed by atoms with Gasteiger partial charge in [-0.15, -0.1) is 11.3 Å². The van der Waals surface area contributed by atoms with Crippen molar-refractivity contribution in [3.05, 3.63) is 83.0 Å². The van der Waals surface area contributed by atoms with Gasteiger partial charge in [0, 0.05) is 16.9 Å². The Balaban J connectivity index is 1.23. The van der Waals surface area contributed by atoms with Crippen LogP contribution in [0.5, 0.6) is 11.8 Å². The summed E-state index contributed by atoms with van der Waals surface area (Å²) in [4.78, 5) is 12.2. The molecule has 1 aliphatic carbocycles. The highest BCUT2D eigenvalue weighted by Gasteiger charge is 2.36. The smallest absolute Gasteiger partial charge is 0.424 e. The number of thiazole rings is 1. The molecule has 0 unspecified atom stereocenters. The Bertz CT molecular complexity index is 1300. The molecule has 172 valence electrons.